The fourth-order valence-electron chi connectivity index (χ4n) is 2.46. The van der Waals surface area contributed by atoms with Gasteiger partial charge >= 0.3 is 5.69 Å². The number of rotatable bonds is 5. The van der Waals surface area contributed by atoms with Crippen LogP contribution in [0, 0.1) is 23.0 Å². The molecule has 0 amide bonds. The summed E-state index contributed by atoms with van der Waals surface area (Å²) in [6.45, 7) is 8.01. The minimum Gasteiger partial charge on any atom is -0.473 e. The normalized spacial score (nSPS) is 16.6. The van der Waals surface area contributed by atoms with Gasteiger partial charge in [-0.25, -0.2) is 4.68 Å². The van der Waals surface area contributed by atoms with Crippen molar-refractivity contribution < 1.29 is 9.66 Å². The highest BCUT2D eigenvalue weighted by Crippen LogP contribution is 2.33. The van der Waals surface area contributed by atoms with E-state index in [0.717, 1.165) is 25.9 Å². The van der Waals surface area contributed by atoms with Crippen LogP contribution in [0.3, 0.4) is 0 Å². The van der Waals surface area contributed by atoms with Crippen LogP contribution < -0.4 is 10.1 Å². The molecule has 2 heterocycles. The summed E-state index contributed by atoms with van der Waals surface area (Å²) in [6.07, 6.45) is 2.09. The molecule has 0 spiro atoms. The van der Waals surface area contributed by atoms with Crippen molar-refractivity contribution >= 4 is 5.69 Å². The van der Waals surface area contributed by atoms with Crippen LogP contribution in [0.4, 0.5) is 5.69 Å². The van der Waals surface area contributed by atoms with Crippen molar-refractivity contribution in [2.45, 2.75) is 39.7 Å². The average molecular weight is 282 g/mol. The zero-order chi connectivity index (χ0) is 14.7. The van der Waals surface area contributed by atoms with Crippen LogP contribution in [0.25, 0.3) is 0 Å². The van der Waals surface area contributed by atoms with Gasteiger partial charge in [0.05, 0.1) is 17.6 Å². The molecular formula is C13H22N4O3. The third-order valence-electron chi connectivity index (χ3n) is 3.60. The topological polar surface area (TPSA) is 82.2 Å². The molecule has 20 heavy (non-hydrogen) atoms. The van der Waals surface area contributed by atoms with Crippen LogP contribution in [0.5, 0.6) is 5.88 Å². The fourth-order valence-corrected chi connectivity index (χ4v) is 2.46. The summed E-state index contributed by atoms with van der Waals surface area (Å²) in [6, 6.07) is 0.0328. The van der Waals surface area contributed by atoms with E-state index in [4.69, 9.17) is 4.74 Å². The molecular weight excluding hydrogens is 260 g/mol. The lowest BCUT2D eigenvalue weighted by Gasteiger charge is -2.22. The first kappa shape index (κ1) is 14.8. The number of nitro groups is 1. The van der Waals surface area contributed by atoms with Gasteiger partial charge in [-0.2, -0.15) is 5.10 Å². The Morgan fingerprint density at radius 3 is 2.70 bits per heavy atom. The van der Waals surface area contributed by atoms with Gasteiger partial charge in [-0.1, -0.05) is 0 Å². The molecule has 1 aromatic heterocycles. The molecule has 0 aliphatic carbocycles. The monoisotopic (exact) mass is 282 g/mol. The number of nitrogens with zero attached hydrogens (tertiary/aromatic N) is 3. The minimum atomic E-state index is -0.404. The van der Waals surface area contributed by atoms with Crippen molar-refractivity contribution in [3.8, 4) is 5.88 Å². The van der Waals surface area contributed by atoms with E-state index in [-0.39, 0.29) is 11.7 Å². The van der Waals surface area contributed by atoms with Crippen LogP contribution >= 0.6 is 0 Å². The number of aryl methyl sites for hydroxylation is 1. The number of ether oxygens (including phenoxy) is 1. The molecule has 7 heteroatoms. The molecule has 1 aliphatic rings. The van der Waals surface area contributed by atoms with Crippen LogP contribution in [0.2, 0.25) is 0 Å². The lowest BCUT2D eigenvalue weighted by atomic mass is 9.99. The molecule has 1 aliphatic heterocycles. The molecule has 0 unspecified atom stereocenters. The molecule has 0 atom stereocenters. The second kappa shape index (κ2) is 6.21. The predicted octanol–water partition coefficient (Wildman–Crippen LogP) is 2.06. The van der Waals surface area contributed by atoms with E-state index in [0.29, 0.717) is 24.1 Å². The third kappa shape index (κ3) is 3.09. The summed E-state index contributed by atoms with van der Waals surface area (Å²) in [4.78, 5) is 10.8. The summed E-state index contributed by atoms with van der Waals surface area (Å²) in [5.74, 6) is 0.743. The van der Waals surface area contributed by atoms with Crippen LogP contribution in [-0.4, -0.2) is 34.4 Å². The number of hydrogen-bond acceptors (Lipinski definition) is 5. The Morgan fingerprint density at radius 2 is 2.15 bits per heavy atom. The molecule has 0 bridgehead atoms. The SMILES string of the molecule is Cc1nn(C(C)C)c(OCC2CCNCC2)c1[N+](=O)[O-]. The maximum absolute atomic E-state index is 11.2. The highest BCUT2D eigenvalue weighted by atomic mass is 16.6. The highest BCUT2D eigenvalue weighted by Gasteiger charge is 2.29. The smallest absolute Gasteiger partial charge is 0.353 e. The summed E-state index contributed by atoms with van der Waals surface area (Å²) in [5.41, 5.74) is 0.400. The van der Waals surface area contributed by atoms with E-state index >= 15 is 0 Å². The number of aromatic nitrogens is 2. The Kier molecular flexibility index (Phi) is 4.59. The van der Waals surface area contributed by atoms with E-state index in [1.807, 2.05) is 13.8 Å². The Hall–Kier alpha value is -1.63. The van der Waals surface area contributed by atoms with Gasteiger partial charge < -0.3 is 10.1 Å². The molecule has 1 fully saturated rings. The Balaban J connectivity index is 2.17. The zero-order valence-electron chi connectivity index (χ0n) is 12.3. The summed E-state index contributed by atoms with van der Waals surface area (Å²) >= 11 is 0. The van der Waals surface area contributed by atoms with Crippen molar-refractivity contribution in [3.63, 3.8) is 0 Å². The number of nitrogens with one attached hydrogen (secondary N) is 1. The summed E-state index contributed by atoms with van der Waals surface area (Å²) < 4.78 is 7.39. The largest absolute Gasteiger partial charge is 0.473 e. The standard InChI is InChI=1S/C13H22N4O3/c1-9(2)16-13(12(17(18)19)10(3)15-16)20-8-11-4-6-14-7-5-11/h9,11,14H,4-8H2,1-3H3. The van der Waals surface area contributed by atoms with Gasteiger partial charge in [-0.05, 0) is 52.6 Å². The van der Waals surface area contributed by atoms with Gasteiger partial charge in [0.15, 0.2) is 0 Å². The zero-order valence-corrected chi connectivity index (χ0v) is 12.3. The third-order valence-corrected chi connectivity index (χ3v) is 3.60. The lowest BCUT2D eigenvalue weighted by Crippen LogP contribution is -2.30. The summed E-state index contributed by atoms with van der Waals surface area (Å²) in [5, 5.41) is 18.7. The van der Waals surface area contributed by atoms with E-state index in [1.165, 1.54) is 0 Å². The van der Waals surface area contributed by atoms with Gasteiger partial charge in [-0.15, -0.1) is 0 Å². The second-order valence-corrected chi connectivity index (χ2v) is 5.54. The molecule has 1 N–H and O–H groups in total. The Bertz CT molecular complexity index is 478. The molecule has 2 rings (SSSR count). The molecule has 0 aromatic carbocycles. The van der Waals surface area contributed by atoms with Crippen molar-refractivity contribution in [2.75, 3.05) is 19.7 Å². The maximum atomic E-state index is 11.2. The molecule has 0 saturated carbocycles. The van der Waals surface area contributed by atoms with Gasteiger partial charge in [-0.3, -0.25) is 10.1 Å². The van der Waals surface area contributed by atoms with E-state index < -0.39 is 4.92 Å². The molecule has 7 nitrogen and oxygen atoms in total. The van der Waals surface area contributed by atoms with Gasteiger partial charge in [0.2, 0.25) is 0 Å². The average Bonchev–Trinajstić information content (AvgIpc) is 2.74. The molecule has 1 saturated heterocycles. The van der Waals surface area contributed by atoms with Gasteiger partial charge in [0.1, 0.15) is 5.69 Å². The van der Waals surface area contributed by atoms with Crippen molar-refractivity contribution in [2.24, 2.45) is 5.92 Å². The van der Waals surface area contributed by atoms with Crippen molar-refractivity contribution in [1.29, 1.82) is 0 Å². The number of piperidine rings is 1. The quantitative estimate of drug-likeness (QED) is 0.660. The molecule has 112 valence electrons. The van der Waals surface area contributed by atoms with E-state index in [9.17, 15) is 10.1 Å². The van der Waals surface area contributed by atoms with Crippen LogP contribution in [0.1, 0.15) is 38.4 Å². The van der Waals surface area contributed by atoms with Crippen molar-refractivity contribution in [3.05, 3.63) is 15.8 Å². The first-order chi connectivity index (χ1) is 9.50. The first-order valence-corrected chi connectivity index (χ1v) is 7.07. The molecule has 1 aromatic rings. The minimum absolute atomic E-state index is 0.00682. The van der Waals surface area contributed by atoms with E-state index in [2.05, 4.69) is 10.4 Å². The van der Waals surface area contributed by atoms with E-state index in [1.54, 1.807) is 11.6 Å². The van der Waals surface area contributed by atoms with Crippen LogP contribution in [0.15, 0.2) is 0 Å². The Labute approximate surface area is 118 Å². The lowest BCUT2D eigenvalue weighted by molar-refractivity contribution is -0.386. The maximum Gasteiger partial charge on any atom is 0.353 e. The van der Waals surface area contributed by atoms with Crippen LogP contribution in [-0.2, 0) is 0 Å². The highest BCUT2D eigenvalue weighted by molar-refractivity contribution is 5.46. The van der Waals surface area contributed by atoms with Gasteiger partial charge in [0, 0.05) is 0 Å². The summed E-state index contributed by atoms with van der Waals surface area (Å²) in [7, 11) is 0. The Morgan fingerprint density at radius 1 is 1.50 bits per heavy atom. The fraction of sp³-hybridized carbons (Fsp3) is 0.769. The molecule has 0 radical (unpaired) electrons. The predicted molar refractivity (Wildman–Crippen MR) is 75.1 cm³/mol. The second-order valence-electron chi connectivity index (χ2n) is 5.54. The van der Waals surface area contributed by atoms with Gasteiger partial charge in [0.25, 0.3) is 5.88 Å². The first-order valence-electron chi connectivity index (χ1n) is 7.07. The van der Waals surface area contributed by atoms with Crippen molar-refractivity contribution in [1.82, 2.24) is 15.1 Å². The number of hydrogen-bond donors (Lipinski definition) is 1.